The molecule has 0 radical (unpaired) electrons. The molecular weight excluding hydrogens is 241 g/mol. The molecule has 0 unspecified atom stereocenters. The fraction of sp³-hybridized carbons (Fsp3) is 0.167. The van der Waals surface area contributed by atoms with Crippen LogP contribution in [0, 0.1) is 10.1 Å². The van der Waals surface area contributed by atoms with E-state index in [9.17, 15) is 18.9 Å². The fourth-order valence-corrected chi connectivity index (χ4v) is 1.29. The maximum absolute atomic E-state index is 12.4. The molecule has 14 heavy (non-hydrogen) atoms. The zero-order chi connectivity index (χ0) is 10.9. The van der Waals surface area contributed by atoms with Gasteiger partial charge in [-0.1, -0.05) is 23.2 Å². The van der Waals surface area contributed by atoms with Crippen LogP contribution in [-0.4, -0.2) is 9.91 Å². The molecule has 0 aromatic carbocycles. The first-order valence-corrected chi connectivity index (χ1v) is 3.97. The van der Waals surface area contributed by atoms with Crippen molar-refractivity contribution in [2.24, 2.45) is 0 Å². The minimum absolute atomic E-state index is 0.476. The van der Waals surface area contributed by atoms with Gasteiger partial charge in [-0.25, -0.2) is 13.8 Å². The number of nitro groups is 1. The van der Waals surface area contributed by atoms with Gasteiger partial charge < -0.3 is 0 Å². The Morgan fingerprint density at radius 3 is 2.43 bits per heavy atom. The normalized spacial score (nSPS) is 10.6. The summed E-state index contributed by atoms with van der Waals surface area (Å²) in [6.45, 7) is 0. The highest BCUT2D eigenvalue weighted by Crippen LogP contribution is 2.37. The van der Waals surface area contributed by atoms with Crippen molar-refractivity contribution in [3.8, 4) is 0 Å². The van der Waals surface area contributed by atoms with Gasteiger partial charge in [0.1, 0.15) is 5.56 Å². The number of pyridine rings is 1. The smallest absolute Gasteiger partial charge is 0.258 e. The van der Waals surface area contributed by atoms with Crippen LogP contribution in [0.4, 0.5) is 14.5 Å². The molecule has 0 bridgehead atoms. The molecule has 1 heterocycles. The summed E-state index contributed by atoms with van der Waals surface area (Å²) in [6.07, 6.45) is -2.22. The molecule has 76 valence electrons. The summed E-state index contributed by atoms with van der Waals surface area (Å²) in [4.78, 5) is 12.7. The lowest BCUT2D eigenvalue weighted by molar-refractivity contribution is -0.386. The van der Waals surface area contributed by atoms with E-state index in [4.69, 9.17) is 23.2 Å². The van der Waals surface area contributed by atoms with Gasteiger partial charge in [-0.15, -0.1) is 0 Å². The van der Waals surface area contributed by atoms with Crippen LogP contribution in [-0.2, 0) is 0 Å². The van der Waals surface area contributed by atoms with E-state index in [1.54, 1.807) is 0 Å². The van der Waals surface area contributed by atoms with E-state index < -0.39 is 32.8 Å². The number of aromatic nitrogens is 1. The fourth-order valence-electron chi connectivity index (χ4n) is 0.850. The zero-order valence-electron chi connectivity index (χ0n) is 6.38. The largest absolute Gasteiger partial charge is 0.316 e. The molecule has 0 saturated carbocycles. The molecule has 0 amide bonds. The van der Waals surface area contributed by atoms with Crippen molar-refractivity contribution in [1.82, 2.24) is 4.98 Å². The van der Waals surface area contributed by atoms with Crippen LogP contribution in [0.25, 0.3) is 0 Å². The predicted octanol–water partition coefficient (Wildman–Crippen LogP) is 3.23. The molecule has 0 aliphatic rings. The van der Waals surface area contributed by atoms with Crippen LogP contribution < -0.4 is 0 Å². The number of rotatable bonds is 2. The van der Waals surface area contributed by atoms with Crippen LogP contribution in [0.2, 0.25) is 10.2 Å². The van der Waals surface area contributed by atoms with Gasteiger partial charge in [0.2, 0.25) is 5.15 Å². The monoisotopic (exact) mass is 242 g/mol. The zero-order valence-corrected chi connectivity index (χ0v) is 7.89. The summed E-state index contributed by atoms with van der Waals surface area (Å²) in [5.41, 5.74) is -1.86. The molecule has 0 atom stereocenters. The Kier molecular flexibility index (Phi) is 3.17. The molecule has 0 spiro atoms. The maximum atomic E-state index is 12.4. The SMILES string of the molecule is O=[N+]([O-])c1c(Cl)ncc(Cl)c1C(F)F. The molecule has 1 rings (SSSR count). The Morgan fingerprint density at radius 1 is 1.50 bits per heavy atom. The van der Waals surface area contributed by atoms with Crippen LogP contribution in [0.5, 0.6) is 0 Å². The quantitative estimate of drug-likeness (QED) is 0.455. The van der Waals surface area contributed by atoms with Gasteiger partial charge in [0.25, 0.3) is 6.43 Å². The summed E-state index contributed by atoms with van der Waals surface area (Å²) in [6, 6.07) is 0. The molecule has 8 heteroatoms. The van der Waals surface area contributed by atoms with Gasteiger partial charge in [0.15, 0.2) is 0 Å². The summed E-state index contributed by atoms with van der Waals surface area (Å²) < 4.78 is 24.7. The third kappa shape index (κ3) is 1.91. The van der Waals surface area contributed by atoms with Crippen LogP contribution in [0.3, 0.4) is 0 Å². The van der Waals surface area contributed by atoms with E-state index in [0.717, 1.165) is 6.20 Å². The van der Waals surface area contributed by atoms with E-state index in [-0.39, 0.29) is 0 Å². The van der Waals surface area contributed by atoms with Crippen molar-refractivity contribution in [3.63, 3.8) is 0 Å². The number of hydrogen-bond donors (Lipinski definition) is 0. The molecule has 1 aromatic rings. The van der Waals surface area contributed by atoms with Crippen molar-refractivity contribution in [3.05, 3.63) is 32.1 Å². The molecule has 4 nitrogen and oxygen atoms in total. The Morgan fingerprint density at radius 2 is 2.07 bits per heavy atom. The van der Waals surface area contributed by atoms with Gasteiger partial charge in [-0.3, -0.25) is 10.1 Å². The summed E-state index contributed by atoms with van der Waals surface area (Å²) in [5.74, 6) is 0. The van der Waals surface area contributed by atoms with E-state index in [2.05, 4.69) is 4.98 Å². The number of nitrogens with zero attached hydrogens (tertiary/aromatic N) is 2. The maximum Gasteiger partial charge on any atom is 0.316 e. The van der Waals surface area contributed by atoms with Crippen molar-refractivity contribution in [1.29, 1.82) is 0 Å². The molecular formula is C6H2Cl2F2N2O2. The number of halogens is 4. The average molecular weight is 243 g/mol. The third-order valence-electron chi connectivity index (χ3n) is 1.40. The average Bonchev–Trinajstić information content (AvgIpc) is 2.07. The molecule has 0 fully saturated rings. The molecule has 0 N–H and O–H groups in total. The van der Waals surface area contributed by atoms with Crippen molar-refractivity contribution >= 4 is 28.9 Å². The standard InChI is InChI=1S/C6H2Cl2F2N2O2/c7-2-1-11-5(8)4(12(13)14)3(2)6(9)10/h1,6H. The van der Waals surface area contributed by atoms with E-state index in [1.165, 1.54) is 0 Å². The second-order valence-electron chi connectivity index (χ2n) is 2.22. The minimum atomic E-state index is -3.07. The Bertz CT molecular complexity index is 386. The molecule has 0 aliphatic heterocycles. The highest BCUT2D eigenvalue weighted by Gasteiger charge is 2.29. The lowest BCUT2D eigenvalue weighted by Crippen LogP contribution is -1.99. The van der Waals surface area contributed by atoms with Crippen molar-refractivity contribution in [2.75, 3.05) is 0 Å². The Labute approximate surface area is 86.6 Å². The number of alkyl halides is 2. The second kappa shape index (κ2) is 4.02. The minimum Gasteiger partial charge on any atom is -0.258 e. The van der Waals surface area contributed by atoms with E-state index >= 15 is 0 Å². The Balaban J connectivity index is 3.50. The third-order valence-corrected chi connectivity index (χ3v) is 1.98. The summed E-state index contributed by atoms with van der Waals surface area (Å²) in [5, 5.41) is 9.31. The van der Waals surface area contributed by atoms with Crippen molar-refractivity contribution < 1.29 is 13.7 Å². The highest BCUT2D eigenvalue weighted by molar-refractivity contribution is 6.34. The summed E-state index contributed by atoms with van der Waals surface area (Å²) >= 11 is 10.6. The molecule has 1 aromatic heterocycles. The van der Waals surface area contributed by atoms with Gasteiger partial charge in [-0.05, 0) is 0 Å². The van der Waals surface area contributed by atoms with Crippen LogP contribution >= 0.6 is 23.2 Å². The van der Waals surface area contributed by atoms with E-state index in [0.29, 0.717) is 0 Å². The Hall–Kier alpha value is -1.01. The first-order valence-electron chi connectivity index (χ1n) is 3.21. The lowest BCUT2D eigenvalue weighted by Gasteiger charge is -2.04. The molecule has 0 saturated heterocycles. The van der Waals surface area contributed by atoms with Gasteiger partial charge in [0, 0.05) is 6.20 Å². The number of hydrogen-bond acceptors (Lipinski definition) is 3. The molecule has 0 aliphatic carbocycles. The predicted molar refractivity (Wildman–Crippen MR) is 45.9 cm³/mol. The van der Waals surface area contributed by atoms with Crippen molar-refractivity contribution in [2.45, 2.75) is 6.43 Å². The summed E-state index contributed by atoms with van der Waals surface area (Å²) in [7, 11) is 0. The first kappa shape index (κ1) is 11.1. The highest BCUT2D eigenvalue weighted by atomic mass is 35.5. The topological polar surface area (TPSA) is 56.0 Å². The second-order valence-corrected chi connectivity index (χ2v) is 2.98. The van der Waals surface area contributed by atoms with Crippen LogP contribution in [0.1, 0.15) is 12.0 Å². The van der Waals surface area contributed by atoms with Gasteiger partial charge in [0.05, 0.1) is 9.95 Å². The van der Waals surface area contributed by atoms with Crippen LogP contribution in [0.15, 0.2) is 6.20 Å². The lowest BCUT2D eigenvalue weighted by atomic mass is 10.2. The first-order chi connectivity index (χ1) is 6.45. The van der Waals surface area contributed by atoms with E-state index in [1.807, 2.05) is 0 Å². The van der Waals surface area contributed by atoms with Gasteiger partial charge in [-0.2, -0.15) is 0 Å². The van der Waals surface area contributed by atoms with Gasteiger partial charge >= 0.3 is 5.69 Å².